The van der Waals surface area contributed by atoms with Gasteiger partial charge in [0.2, 0.25) is 10.0 Å². The molecule has 2 aromatic rings. The van der Waals surface area contributed by atoms with E-state index in [9.17, 15) is 18.0 Å². The molecule has 1 saturated heterocycles. The third kappa shape index (κ3) is 6.48. The van der Waals surface area contributed by atoms with Crippen LogP contribution in [0.3, 0.4) is 0 Å². The average molecular weight is 458 g/mol. The second kappa shape index (κ2) is 10.7. The van der Waals surface area contributed by atoms with Crippen LogP contribution in [0.5, 0.6) is 0 Å². The highest BCUT2D eigenvalue weighted by Crippen LogP contribution is 2.23. The number of H-pyrrole nitrogens is 1. The van der Waals surface area contributed by atoms with E-state index < -0.39 is 34.2 Å². The van der Waals surface area contributed by atoms with Gasteiger partial charge in [-0.05, 0) is 49.1 Å². The van der Waals surface area contributed by atoms with Crippen molar-refractivity contribution in [3.8, 4) is 0 Å². The van der Waals surface area contributed by atoms with Gasteiger partial charge in [0.05, 0.1) is 5.75 Å². The van der Waals surface area contributed by atoms with Crippen LogP contribution in [0.2, 0.25) is 0 Å². The summed E-state index contributed by atoms with van der Waals surface area (Å²) in [5.74, 6) is -3.46. The van der Waals surface area contributed by atoms with E-state index in [1.807, 2.05) is 24.4 Å². The molecule has 0 aliphatic carbocycles. The molecule has 0 spiro atoms. The summed E-state index contributed by atoms with van der Waals surface area (Å²) in [6, 6.07) is 5.81. The lowest BCUT2D eigenvalue weighted by Gasteiger charge is -2.15. The zero-order valence-corrected chi connectivity index (χ0v) is 17.6. The molecule has 2 unspecified atom stereocenters. The van der Waals surface area contributed by atoms with Crippen molar-refractivity contribution >= 4 is 32.9 Å². The van der Waals surface area contributed by atoms with Gasteiger partial charge in [0.25, 0.3) is 0 Å². The van der Waals surface area contributed by atoms with Crippen molar-refractivity contribution in [3.05, 3.63) is 35.5 Å². The number of carboxylic acid groups (broad SMARTS) is 2. The summed E-state index contributed by atoms with van der Waals surface area (Å²) >= 11 is 0. The molecule has 1 fully saturated rings. The van der Waals surface area contributed by atoms with Crippen molar-refractivity contribution in [2.24, 2.45) is 5.73 Å². The van der Waals surface area contributed by atoms with Gasteiger partial charge in [-0.3, -0.25) is 0 Å². The maximum Gasteiger partial charge on any atom is 0.335 e. The smallest absolute Gasteiger partial charge is 0.335 e. The summed E-state index contributed by atoms with van der Waals surface area (Å²) in [4.78, 5) is 22.7. The number of carboxylic acids is 2. The monoisotopic (exact) mass is 457 g/mol. The number of aromatic nitrogens is 1. The number of aromatic amines is 1. The fourth-order valence-corrected chi connectivity index (χ4v) is 4.81. The summed E-state index contributed by atoms with van der Waals surface area (Å²) in [5.41, 5.74) is 8.63. The molecule has 2 heterocycles. The highest BCUT2D eigenvalue weighted by molar-refractivity contribution is 7.88. The van der Waals surface area contributed by atoms with Gasteiger partial charge >= 0.3 is 11.9 Å². The maximum atomic E-state index is 12.4. The summed E-state index contributed by atoms with van der Waals surface area (Å²) in [5, 5.41) is 33.6. The number of rotatable bonds is 8. The Morgan fingerprint density at radius 1 is 1.10 bits per heavy atom. The zero-order chi connectivity index (χ0) is 23.2. The highest BCUT2D eigenvalue weighted by Gasteiger charge is 2.29. The van der Waals surface area contributed by atoms with Crippen LogP contribution >= 0.6 is 0 Å². The van der Waals surface area contributed by atoms with Gasteiger partial charge in [-0.25, -0.2) is 22.3 Å². The number of nitrogens with one attached hydrogen (secondary N) is 1. The first-order valence-electron chi connectivity index (χ1n) is 9.65. The molecule has 172 valence electrons. The van der Waals surface area contributed by atoms with Crippen molar-refractivity contribution < 1.29 is 38.4 Å². The largest absolute Gasteiger partial charge is 0.479 e. The molecule has 2 atom stereocenters. The molecule has 1 aromatic heterocycles. The van der Waals surface area contributed by atoms with Crippen LogP contribution in [0.25, 0.3) is 10.9 Å². The molecular weight excluding hydrogens is 430 g/mol. The van der Waals surface area contributed by atoms with Gasteiger partial charge in [0, 0.05) is 30.2 Å². The van der Waals surface area contributed by atoms with Crippen LogP contribution < -0.4 is 5.73 Å². The Kier molecular flexibility index (Phi) is 8.53. The minimum Gasteiger partial charge on any atom is -0.479 e. The number of hydrogen-bond donors (Lipinski definition) is 6. The van der Waals surface area contributed by atoms with Crippen LogP contribution in [0, 0.1) is 0 Å². The maximum absolute atomic E-state index is 12.4. The van der Waals surface area contributed by atoms with E-state index in [4.69, 9.17) is 26.2 Å². The minimum absolute atomic E-state index is 0.0795. The van der Waals surface area contributed by atoms with Crippen LogP contribution in [-0.4, -0.2) is 81.9 Å². The van der Waals surface area contributed by atoms with Crippen LogP contribution in [0.4, 0.5) is 0 Å². The minimum atomic E-state index is -3.19. The number of carbonyl (C=O) groups is 2. The normalized spacial score (nSPS) is 16.5. The Morgan fingerprint density at radius 3 is 2.19 bits per heavy atom. The van der Waals surface area contributed by atoms with Gasteiger partial charge in [-0.15, -0.1) is 0 Å². The van der Waals surface area contributed by atoms with Gasteiger partial charge in [-0.1, -0.05) is 6.07 Å². The molecule has 7 N–H and O–H groups in total. The Bertz CT molecular complexity index is 996. The Hall–Kier alpha value is -2.51. The number of aliphatic hydroxyl groups is 2. The topological polar surface area (TPSA) is 194 Å². The van der Waals surface area contributed by atoms with Crippen molar-refractivity contribution in [2.45, 2.75) is 37.2 Å². The van der Waals surface area contributed by atoms with Gasteiger partial charge in [-0.2, -0.15) is 0 Å². The number of hydrogen-bond acceptors (Lipinski definition) is 7. The number of fused-ring (bicyclic) bond motifs is 1. The lowest BCUT2D eigenvalue weighted by molar-refractivity contribution is -0.165. The molecule has 0 amide bonds. The molecular formula is C19H27N3O8S. The second-order valence-corrected chi connectivity index (χ2v) is 9.13. The van der Waals surface area contributed by atoms with Gasteiger partial charge in [0.15, 0.2) is 12.2 Å². The van der Waals surface area contributed by atoms with Crippen molar-refractivity contribution in [1.82, 2.24) is 9.29 Å². The summed E-state index contributed by atoms with van der Waals surface area (Å²) < 4.78 is 26.4. The van der Waals surface area contributed by atoms with Crippen LogP contribution in [-0.2, 0) is 31.8 Å². The molecule has 1 aliphatic rings. The van der Waals surface area contributed by atoms with Crippen molar-refractivity contribution in [3.63, 3.8) is 0 Å². The molecule has 0 saturated carbocycles. The molecule has 12 heteroatoms. The number of benzene rings is 1. The first kappa shape index (κ1) is 24.8. The highest BCUT2D eigenvalue weighted by atomic mass is 32.2. The van der Waals surface area contributed by atoms with Crippen molar-refractivity contribution in [2.75, 3.05) is 19.6 Å². The van der Waals surface area contributed by atoms with E-state index in [-0.39, 0.29) is 5.75 Å². The summed E-state index contributed by atoms with van der Waals surface area (Å²) in [6.45, 7) is 1.91. The molecule has 1 aromatic carbocycles. The predicted molar refractivity (Wildman–Crippen MR) is 112 cm³/mol. The first-order chi connectivity index (χ1) is 14.6. The van der Waals surface area contributed by atoms with Gasteiger partial charge < -0.3 is 31.1 Å². The number of sulfonamides is 1. The number of nitrogens with two attached hydrogens (primary N) is 1. The molecule has 31 heavy (non-hydrogen) atoms. The molecule has 0 radical (unpaired) electrons. The Labute approximate surface area is 179 Å². The number of aliphatic carboxylic acids is 2. The average Bonchev–Trinajstić information content (AvgIpc) is 3.38. The van der Waals surface area contributed by atoms with Crippen molar-refractivity contribution in [1.29, 1.82) is 0 Å². The molecule has 1 aliphatic heterocycles. The van der Waals surface area contributed by atoms with E-state index >= 15 is 0 Å². The van der Waals surface area contributed by atoms with Gasteiger partial charge in [0.1, 0.15) is 0 Å². The summed E-state index contributed by atoms with van der Waals surface area (Å²) in [6.07, 6.45) is 0.154. The number of nitrogens with zero attached hydrogens (tertiary/aromatic N) is 1. The SMILES string of the molecule is NCCc1c[nH]c2ccc(CS(=O)(=O)N3CCCC3)cc12.O=C(O)C(O)C(O)C(=O)O. The third-order valence-corrected chi connectivity index (χ3v) is 6.71. The van der Waals surface area contributed by atoms with Crippen LogP contribution in [0.15, 0.2) is 24.4 Å². The lowest BCUT2D eigenvalue weighted by atomic mass is 10.1. The molecule has 3 rings (SSSR count). The summed E-state index contributed by atoms with van der Waals surface area (Å²) in [7, 11) is -3.19. The standard InChI is InChI=1S/C15H21N3O2S.C4H6O6/c16-6-5-13-10-17-15-4-3-12(9-14(13)15)11-21(19,20)18-7-1-2-8-18;5-1(3(7)8)2(6)4(9)10/h3-4,9-10,17H,1-2,5-8,11,16H2;1-2,5-6H,(H,7,8)(H,9,10). The number of aliphatic hydroxyl groups excluding tert-OH is 2. The second-order valence-electron chi connectivity index (χ2n) is 7.16. The van der Waals surface area contributed by atoms with E-state index in [0.717, 1.165) is 41.3 Å². The van der Waals surface area contributed by atoms with E-state index in [0.29, 0.717) is 19.6 Å². The zero-order valence-electron chi connectivity index (χ0n) is 16.8. The van der Waals surface area contributed by atoms with E-state index in [2.05, 4.69) is 4.98 Å². The molecule has 11 nitrogen and oxygen atoms in total. The predicted octanol–water partition coefficient (Wildman–Crippen LogP) is -0.528. The van der Waals surface area contributed by atoms with E-state index in [1.54, 1.807) is 4.31 Å². The lowest BCUT2D eigenvalue weighted by Crippen LogP contribution is -2.39. The first-order valence-corrected chi connectivity index (χ1v) is 11.3. The fraction of sp³-hybridized carbons (Fsp3) is 0.474. The quantitative estimate of drug-likeness (QED) is 0.302. The fourth-order valence-electron chi connectivity index (χ4n) is 3.22. The van der Waals surface area contributed by atoms with Crippen LogP contribution in [0.1, 0.15) is 24.0 Å². The van der Waals surface area contributed by atoms with E-state index in [1.165, 1.54) is 0 Å². The third-order valence-electron chi connectivity index (χ3n) is 4.86. The Morgan fingerprint density at radius 2 is 1.68 bits per heavy atom. The Balaban J connectivity index is 0.000000291. The molecule has 0 bridgehead atoms.